The maximum Gasteiger partial charge on any atom is 0.334 e. The van der Waals surface area contributed by atoms with Gasteiger partial charge in [0.1, 0.15) is 5.15 Å². The molecule has 1 aromatic heterocycles. The van der Waals surface area contributed by atoms with Crippen molar-refractivity contribution in [3.05, 3.63) is 60.3 Å². The Labute approximate surface area is 110 Å². The van der Waals surface area contributed by atoms with Crippen molar-refractivity contribution in [1.29, 1.82) is 0 Å². The molecule has 0 spiro atoms. The Kier molecular flexibility index (Phi) is 3.28. The summed E-state index contributed by atoms with van der Waals surface area (Å²) in [6.45, 7) is 0. The first kappa shape index (κ1) is 12.2. The number of hydrogen-bond acceptors (Lipinski definition) is 2. The number of nitrogens with zero attached hydrogens (tertiary/aromatic N) is 1. The lowest BCUT2D eigenvalue weighted by Gasteiger charge is -2.06. The molecule has 0 fully saturated rings. The van der Waals surface area contributed by atoms with Gasteiger partial charge in [0.15, 0.2) is 0 Å². The van der Waals surface area contributed by atoms with Crippen LogP contribution in [0.4, 0.5) is 0 Å². The van der Waals surface area contributed by atoms with Crippen LogP contribution in [-0.2, 0) is 0 Å². The average Bonchev–Trinajstić information content (AvgIpc) is 2.19. The van der Waals surface area contributed by atoms with Gasteiger partial charge in [-0.3, -0.25) is 9.78 Å². The standard InChI is InChI=1S/C10H5Cl3N2O2/c11-5-1-2-7(6(12)3-5)15-9(16)4-8(13)14-10(15)17/h1-4H,(H,14,17). The van der Waals surface area contributed by atoms with Crippen LogP contribution in [-0.4, -0.2) is 9.55 Å². The Morgan fingerprint density at radius 2 is 1.76 bits per heavy atom. The molecule has 1 aromatic carbocycles. The summed E-state index contributed by atoms with van der Waals surface area (Å²) in [4.78, 5) is 25.6. The lowest BCUT2D eigenvalue weighted by Crippen LogP contribution is -2.33. The van der Waals surface area contributed by atoms with Gasteiger partial charge in [-0.1, -0.05) is 34.8 Å². The largest absolute Gasteiger partial charge is 0.334 e. The van der Waals surface area contributed by atoms with E-state index in [1.807, 2.05) is 0 Å². The molecule has 0 aliphatic rings. The fourth-order valence-electron chi connectivity index (χ4n) is 1.36. The summed E-state index contributed by atoms with van der Waals surface area (Å²) in [5, 5.41) is 0.589. The first-order valence-electron chi connectivity index (χ1n) is 4.46. The van der Waals surface area contributed by atoms with Crippen molar-refractivity contribution in [3.8, 4) is 5.69 Å². The highest BCUT2D eigenvalue weighted by Gasteiger charge is 2.09. The van der Waals surface area contributed by atoms with Gasteiger partial charge in [0, 0.05) is 11.1 Å². The van der Waals surface area contributed by atoms with Gasteiger partial charge < -0.3 is 0 Å². The van der Waals surface area contributed by atoms with Gasteiger partial charge in [-0.25, -0.2) is 9.36 Å². The molecular weight excluding hydrogens is 286 g/mol. The third-order valence-corrected chi connectivity index (χ3v) is 2.79. The SMILES string of the molecule is O=c1cc(Cl)[nH]c(=O)n1-c1ccc(Cl)cc1Cl. The molecule has 0 amide bonds. The summed E-state index contributed by atoms with van der Waals surface area (Å²) in [7, 11) is 0. The molecule has 0 aliphatic carbocycles. The van der Waals surface area contributed by atoms with Crippen molar-refractivity contribution in [2.75, 3.05) is 0 Å². The smallest absolute Gasteiger partial charge is 0.297 e. The Morgan fingerprint density at radius 1 is 1.06 bits per heavy atom. The molecule has 17 heavy (non-hydrogen) atoms. The predicted molar refractivity (Wildman–Crippen MR) is 67.7 cm³/mol. The highest BCUT2D eigenvalue weighted by Crippen LogP contribution is 2.22. The van der Waals surface area contributed by atoms with E-state index < -0.39 is 11.2 Å². The Hall–Kier alpha value is -1.23. The van der Waals surface area contributed by atoms with Gasteiger partial charge in [-0.15, -0.1) is 0 Å². The molecule has 0 unspecified atom stereocenters. The lowest BCUT2D eigenvalue weighted by atomic mass is 10.3. The highest BCUT2D eigenvalue weighted by atomic mass is 35.5. The van der Waals surface area contributed by atoms with Crippen LogP contribution < -0.4 is 11.2 Å². The number of nitrogens with one attached hydrogen (secondary N) is 1. The van der Waals surface area contributed by atoms with Crippen molar-refractivity contribution in [2.45, 2.75) is 0 Å². The average molecular weight is 292 g/mol. The van der Waals surface area contributed by atoms with E-state index in [0.717, 1.165) is 10.6 Å². The zero-order chi connectivity index (χ0) is 12.6. The minimum absolute atomic E-state index is 0.0265. The molecule has 88 valence electrons. The zero-order valence-electron chi connectivity index (χ0n) is 8.21. The zero-order valence-corrected chi connectivity index (χ0v) is 10.5. The molecule has 2 rings (SSSR count). The maximum atomic E-state index is 11.7. The van der Waals surface area contributed by atoms with E-state index in [1.165, 1.54) is 18.2 Å². The number of aromatic amines is 1. The van der Waals surface area contributed by atoms with Crippen LogP contribution in [0.5, 0.6) is 0 Å². The summed E-state index contributed by atoms with van der Waals surface area (Å²) in [6, 6.07) is 5.55. The van der Waals surface area contributed by atoms with Crippen LogP contribution in [0, 0.1) is 0 Å². The van der Waals surface area contributed by atoms with Gasteiger partial charge in [0.25, 0.3) is 5.56 Å². The van der Waals surface area contributed by atoms with Crippen molar-refractivity contribution in [2.24, 2.45) is 0 Å². The number of hydrogen-bond donors (Lipinski definition) is 1. The van der Waals surface area contributed by atoms with Gasteiger partial charge in [-0.05, 0) is 18.2 Å². The molecule has 0 aliphatic heterocycles. The number of benzene rings is 1. The molecule has 1 heterocycles. The van der Waals surface area contributed by atoms with Gasteiger partial charge >= 0.3 is 5.69 Å². The van der Waals surface area contributed by atoms with E-state index in [9.17, 15) is 9.59 Å². The summed E-state index contributed by atoms with van der Waals surface area (Å²) < 4.78 is 0.880. The second kappa shape index (κ2) is 4.56. The Balaban J connectivity index is 2.78. The number of halogens is 3. The Morgan fingerprint density at radius 3 is 2.35 bits per heavy atom. The van der Waals surface area contributed by atoms with Crippen LogP contribution in [0.25, 0.3) is 5.69 Å². The van der Waals surface area contributed by atoms with Gasteiger partial charge in [0.05, 0.1) is 10.7 Å². The molecule has 0 bridgehead atoms. The van der Waals surface area contributed by atoms with Crippen LogP contribution in [0.2, 0.25) is 15.2 Å². The fraction of sp³-hybridized carbons (Fsp3) is 0. The van der Waals surface area contributed by atoms with Gasteiger partial charge in [-0.2, -0.15) is 0 Å². The Bertz CT molecular complexity index is 659. The number of H-pyrrole nitrogens is 1. The monoisotopic (exact) mass is 290 g/mol. The first-order valence-corrected chi connectivity index (χ1v) is 5.60. The van der Waals surface area contributed by atoms with Crippen molar-refractivity contribution in [3.63, 3.8) is 0 Å². The molecule has 2 aromatic rings. The molecule has 4 nitrogen and oxygen atoms in total. The third-order valence-electron chi connectivity index (χ3n) is 2.05. The fourth-order valence-corrected chi connectivity index (χ4v) is 2.03. The van der Waals surface area contributed by atoms with E-state index in [2.05, 4.69) is 4.98 Å². The second-order valence-electron chi connectivity index (χ2n) is 3.19. The molecule has 7 heteroatoms. The van der Waals surface area contributed by atoms with Crippen LogP contribution in [0.3, 0.4) is 0 Å². The van der Waals surface area contributed by atoms with E-state index >= 15 is 0 Å². The van der Waals surface area contributed by atoms with Gasteiger partial charge in [0.2, 0.25) is 0 Å². The minimum atomic E-state index is -0.660. The number of aromatic nitrogens is 2. The predicted octanol–water partition coefficient (Wildman–Crippen LogP) is 2.49. The topological polar surface area (TPSA) is 54.9 Å². The molecule has 0 radical (unpaired) electrons. The number of rotatable bonds is 1. The lowest BCUT2D eigenvalue weighted by molar-refractivity contribution is 0.876. The highest BCUT2D eigenvalue weighted by molar-refractivity contribution is 6.35. The van der Waals surface area contributed by atoms with Crippen LogP contribution in [0.1, 0.15) is 0 Å². The van der Waals surface area contributed by atoms with Crippen molar-refractivity contribution < 1.29 is 0 Å². The summed E-state index contributed by atoms with van der Waals surface area (Å²) >= 11 is 17.2. The molecular formula is C10H5Cl3N2O2. The summed E-state index contributed by atoms with van der Waals surface area (Å²) in [5.74, 6) is 0. The molecule has 0 atom stereocenters. The van der Waals surface area contributed by atoms with Crippen molar-refractivity contribution >= 4 is 34.8 Å². The molecule has 1 N–H and O–H groups in total. The summed E-state index contributed by atoms with van der Waals surface area (Å²) in [5.41, 5.74) is -0.978. The first-order chi connectivity index (χ1) is 7.99. The molecule has 0 saturated heterocycles. The summed E-state index contributed by atoms with van der Waals surface area (Å²) in [6.07, 6.45) is 0. The second-order valence-corrected chi connectivity index (χ2v) is 4.44. The van der Waals surface area contributed by atoms with E-state index in [0.29, 0.717) is 5.02 Å². The molecule has 0 saturated carbocycles. The van der Waals surface area contributed by atoms with E-state index in [4.69, 9.17) is 34.8 Å². The van der Waals surface area contributed by atoms with E-state index in [1.54, 1.807) is 0 Å². The maximum absolute atomic E-state index is 11.7. The normalized spacial score (nSPS) is 10.5. The third kappa shape index (κ3) is 2.39. The van der Waals surface area contributed by atoms with Crippen LogP contribution in [0.15, 0.2) is 33.9 Å². The van der Waals surface area contributed by atoms with Crippen molar-refractivity contribution in [1.82, 2.24) is 9.55 Å². The quantitative estimate of drug-likeness (QED) is 0.821. The minimum Gasteiger partial charge on any atom is -0.297 e. The van der Waals surface area contributed by atoms with Crippen LogP contribution >= 0.6 is 34.8 Å². The van der Waals surface area contributed by atoms with E-state index in [-0.39, 0.29) is 15.9 Å².